The van der Waals surface area contributed by atoms with Gasteiger partial charge in [0.15, 0.2) is 0 Å². The number of hydrogen-bond acceptors (Lipinski definition) is 3. The van der Waals surface area contributed by atoms with Crippen LogP contribution in [0.4, 0.5) is 0 Å². The van der Waals surface area contributed by atoms with Gasteiger partial charge in [-0.25, -0.2) is 23.9 Å². The smallest absolute Gasteiger partial charge is 0.352 e. The molecule has 6 nitrogen and oxygen atoms in total. The number of terminal acetylenes is 1. The molecule has 6 heteroatoms. The van der Waals surface area contributed by atoms with Crippen molar-refractivity contribution < 1.29 is 4.74 Å². The number of hydrogen-bond donors (Lipinski definition) is 1. The minimum atomic E-state index is -0.508. The zero-order chi connectivity index (χ0) is 15.4. The Hall–Kier alpha value is -2.94. The molecule has 0 saturated heterocycles. The van der Waals surface area contributed by atoms with Crippen LogP contribution in [-0.4, -0.2) is 21.0 Å². The molecule has 2 aromatic rings. The van der Waals surface area contributed by atoms with Gasteiger partial charge in [0.25, 0.3) is 0 Å². The minimum Gasteiger partial charge on any atom is -0.481 e. The Morgan fingerprint density at radius 2 is 2.10 bits per heavy atom. The average molecular weight is 285 g/mol. The standard InChI is InChI=1S/C15H15N3O3/c1-4-10-21-13-8-6-12(7-9-13)17-14(19)16-18(15(17)20)11(3)5-2/h1,5-9,11H,2,10H2,3H3,(H,16,19). The lowest BCUT2D eigenvalue weighted by molar-refractivity contribution is 0.370. The maximum atomic E-state index is 12.2. The summed E-state index contributed by atoms with van der Waals surface area (Å²) in [5, 5.41) is 2.49. The van der Waals surface area contributed by atoms with Crippen LogP contribution >= 0.6 is 0 Å². The van der Waals surface area contributed by atoms with Gasteiger partial charge in [0.1, 0.15) is 12.4 Å². The van der Waals surface area contributed by atoms with E-state index in [2.05, 4.69) is 17.6 Å². The molecule has 0 bridgehead atoms. The molecule has 1 heterocycles. The van der Waals surface area contributed by atoms with Crippen LogP contribution in [-0.2, 0) is 0 Å². The fraction of sp³-hybridized carbons (Fsp3) is 0.200. The average Bonchev–Trinajstić information content (AvgIpc) is 2.80. The van der Waals surface area contributed by atoms with Crippen LogP contribution in [0.3, 0.4) is 0 Å². The Kier molecular flexibility index (Phi) is 4.14. The van der Waals surface area contributed by atoms with Gasteiger partial charge in [0.05, 0.1) is 11.7 Å². The number of aromatic amines is 1. The van der Waals surface area contributed by atoms with Crippen LogP contribution < -0.4 is 16.1 Å². The summed E-state index contributed by atoms with van der Waals surface area (Å²) in [5.74, 6) is 2.93. The molecule has 0 radical (unpaired) electrons. The summed E-state index contributed by atoms with van der Waals surface area (Å²) in [7, 11) is 0. The molecule has 1 unspecified atom stereocenters. The van der Waals surface area contributed by atoms with E-state index < -0.39 is 11.4 Å². The molecule has 2 rings (SSSR count). The van der Waals surface area contributed by atoms with Crippen LogP contribution in [0, 0.1) is 12.3 Å². The molecule has 108 valence electrons. The molecular weight excluding hydrogens is 270 g/mol. The summed E-state index contributed by atoms with van der Waals surface area (Å²) in [6.45, 7) is 5.52. The van der Waals surface area contributed by atoms with Crippen molar-refractivity contribution in [1.82, 2.24) is 14.3 Å². The maximum Gasteiger partial charge on any atom is 0.352 e. The zero-order valence-corrected chi connectivity index (χ0v) is 11.6. The summed E-state index contributed by atoms with van der Waals surface area (Å²) in [6, 6.07) is 6.22. The molecule has 0 amide bonds. The van der Waals surface area contributed by atoms with Gasteiger partial charge in [-0.2, -0.15) is 0 Å². The van der Waals surface area contributed by atoms with Crippen LogP contribution in [0.2, 0.25) is 0 Å². The quantitative estimate of drug-likeness (QED) is 0.660. The summed E-state index contributed by atoms with van der Waals surface area (Å²) in [6.07, 6.45) is 6.67. The number of aromatic nitrogens is 3. The SMILES string of the molecule is C#CCOc1ccc(-n2c(=O)[nH]n(C(C)C=C)c2=O)cc1. The predicted octanol–water partition coefficient (Wildman–Crippen LogP) is 1.09. The Bertz CT molecular complexity index is 787. The van der Waals surface area contributed by atoms with E-state index in [0.29, 0.717) is 11.4 Å². The maximum absolute atomic E-state index is 12.2. The highest BCUT2D eigenvalue weighted by Crippen LogP contribution is 2.13. The highest BCUT2D eigenvalue weighted by Gasteiger charge is 2.13. The number of allylic oxidation sites excluding steroid dienone is 1. The van der Waals surface area contributed by atoms with Gasteiger partial charge < -0.3 is 4.74 Å². The first-order chi connectivity index (χ1) is 10.1. The van der Waals surface area contributed by atoms with E-state index in [0.717, 1.165) is 4.57 Å². The normalized spacial score (nSPS) is 11.6. The van der Waals surface area contributed by atoms with Crippen molar-refractivity contribution in [2.24, 2.45) is 0 Å². The minimum absolute atomic E-state index is 0.160. The summed E-state index contributed by atoms with van der Waals surface area (Å²) in [4.78, 5) is 24.2. The third kappa shape index (κ3) is 2.82. The van der Waals surface area contributed by atoms with E-state index in [-0.39, 0.29) is 12.6 Å². The molecule has 0 spiro atoms. The second-order valence-electron chi connectivity index (χ2n) is 4.37. The van der Waals surface area contributed by atoms with Crippen molar-refractivity contribution >= 4 is 0 Å². The van der Waals surface area contributed by atoms with Crippen LogP contribution in [0.15, 0.2) is 46.5 Å². The first kappa shape index (κ1) is 14.5. The van der Waals surface area contributed by atoms with Crippen molar-refractivity contribution in [3.63, 3.8) is 0 Å². The fourth-order valence-electron chi connectivity index (χ4n) is 1.82. The van der Waals surface area contributed by atoms with Crippen molar-refractivity contribution in [2.45, 2.75) is 13.0 Å². The third-order valence-corrected chi connectivity index (χ3v) is 2.98. The van der Waals surface area contributed by atoms with Crippen LogP contribution in [0.5, 0.6) is 5.75 Å². The number of ether oxygens (including phenoxy) is 1. The van der Waals surface area contributed by atoms with Gasteiger partial charge in [-0.15, -0.1) is 13.0 Å². The number of benzene rings is 1. The largest absolute Gasteiger partial charge is 0.481 e. The van der Waals surface area contributed by atoms with Gasteiger partial charge in [-0.1, -0.05) is 12.0 Å². The second kappa shape index (κ2) is 6.01. The molecule has 1 aromatic heterocycles. The molecular formula is C15H15N3O3. The zero-order valence-electron chi connectivity index (χ0n) is 11.6. The van der Waals surface area contributed by atoms with E-state index in [4.69, 9.17) is 11.2 Å². The lowest BCUT2D eigenvalue weighted by Gasteiger charge is -2.05. The Morgan fingerprint density at radius 1 is 1.43 bits per heavy atom. The number of rotatable bonds is 5. The fourth-order valence-corrected chi connectivity index (χ4v) is 1.82. The Labute approximate surface area is 121 Å². The Balaban J connectivity index is 2.41. The van der Waals surface area contributed by atoms with E-state index in [1.165, 1.54) is 4.68 Å². The topological polar surface area (TPSA) is 69.0 Å². The first-order valence-electron chi connectivity index (χ1n) is 6.31. The predicted molar refractivity (Wildman–Crippen MR) is 79.9 cm³/mol. The summed E-state index contributed by atoms with van der Waals surface area (Å²) in [5.41, 5.74) is -0.514. The van der Waals surface area contributed by atoms with Crippen LogP contribution in [0.25, 0.3) is 5.69 Å². The number of H-pyrrole nitrogens is 1. The van der Waals surface area contributed by atoms with Gasteiger partial charge in [0.2, 0.25) is 0 Å². The summed E-state index contributed by atoms with van der Waals surface area (Å²) >= 11 is 0. The monoisotopic (exact) mass is 285 g/mol. The van der Waals surface area contributed by atoms with Gasteiger partial charge >= 0.3 is 11.4 Å². The molecule has 0 fully saturated rings. The summed E-state index contributed by atoms with van der Waals surface area (Å²) < 4.78 is 7.51. The second-order valence-corrected chi connectivity index (χ2v) is 4.37. The molecule has 1 N–H and O–H groups in total. The van der Waals surface area contributed by atoms with Gasteiger partial charge in [-0.05, 0) is 31.2 Å². The van der Waals surface area contributed by atoms with E-state index in [1.54, 1.807) is 37.3 Å². The molecule has 0 aliphatic rings. The third-order valence-electron chi connectivity index (χ3n) is 2.98. The molecule has 1 atom stereocenters. The number of nitrogens with one attached hydrogen (secondary N) is 1. The first-order valence-corrected chi connectivity index (χ1v) is 6.31. The van der Waals surface area contributed by atoms with Gasteiger partial charge in [0, 0.05) is 0 Å². The molecule has 0 saturated carbocycles. The molecule has 1 aromatic carbocycles. The molecule has 0 aliphatic heterocycles. The Morgan fingerprint density at radius 3 is 2.67 bits per heavy atom. The lowest BCUT2D eigenvalue weighted by atomic mass is 10.3. The van der Waals surface area contributed by atoms with Crippen molar-refractivity contribution in [1.29, 1.82) is 0 Å². The van der Waals surface area contributed by atoms with Gasteiger partial charge in [-0.3, -0.25) is 0 Å². The number of nitrogens with zero attached hydrogens (tertiary/aromatic N) is 2. The lowest BCUT2D eigenvalue weighted by Crippen LogP contribution is -2.28. The van der Waals surface area contributed by atoms with Crippen LogP contribution in [0.1, 0.15) is 13.0 Å². The van der Waals surface area contributed by atoms with Crippen molar-refractivity contribution in [2.75, 3.05) is 6.61 Å². The van der Waals surface area contributed by atoms with Crippen molar-refractivity contribution in [3.8, 4) is 23.8 Å². The van der Waals surface area contributed by atoms with Crippen molar-refractivity contribution in [3.05, 3.63) is 57.9 Å². The highest BCUT2D eigenvalue weighted by atomic mass is 16.5. The molecule has 21 heavy (non-hydrogen) atoms. The van der Waals surface area contributed by atoms with E-state index >= 15 is 0 Å². The highest BCUT2D eigenvalue weighted by molar-refractivity contribution is 5.37. The molecule has 0 aliphatic carbocycles. The van der Waals surface area contributed by atoms with E-state index in [9.17, 15) is 9.59 Å². The van der Waals surface area contributed by atoms with E-state index in [1.807, 2.05) is 0 Å².